The molecule has 2 aromatic carbocycles. The Hall–Kier alpha value is -2.77. The Morgan fingerprint density at radius 3 is 2.41 bits per heavy atom. The topological polar surface area (TPSA) is 78.9 Å². The van der Waals surface area contributed by atoms with Gasteiger partial charge < -0.3 is 20.1 Å². The number of halogens is 1. The molecule has 0 atom stereocenters. The summed E-state index contributed by atoms with van der Waals surface area (Å²) < 4.78 is 18.3. The summed E-state index contributed by atoms with van der Waals surface area (Å²) in [7, 11) is 0. The Morgan fingerprint density at radius 1 is 1.07 bits per heavy atom. The molecule has 0 aliphatic carbocycles. The van der Waals surface area contributed by atoms with Crippen molar-refractivity contribution >= 4 is 11.8 Å². The first-order chi connectivity index (χ1) is 14.0. The summed E-state index contributed by atoms with van der Waals surface area (Å²) in [6.07, 6.45) is 0.518. The van der Waals surface area contributed by atoms with Crippen LogP contribution in [-0.4, -0.2) is 61.3 Å². The van der Waals surface area contributed by atoms with E-state index >= 15 is 0 Å². The van der Waals surface area contributed by atoms with Gasteiger partial charge in [0.2, 0.25) is 5.91 Å². The van der Waals surface area contributed by atoms with E-state index in [1.807, 2.05) is 30.3 Å². The minimum absolute atomic E-state index is 0.0631. The number of carbonyl (C=O) groups is 2. The van der Waals surface area contributed by atoms with Gasteiger partial charge >= 0.3 is 0 Å². The second kappa shape index (κ2) is 9.62. The van der Waals surface area contributed by atoms with Crippen molar-refractivity contribution in [2.75, 3.05) is 39.5 Å². The summed E-state index contributed by atoms with van der Waals surface area (Å²) in [6, 6.07) is 15.1. The zero-order valence-electron chi connectivity index (χ0n) is 16.1. The standard InChI is InChI=1S/C22H25FN2O4/c23-19-8-6-18(7-9-19)20(27)25-15-22(16-25,14-17-4-2-1-3-5-17)21(28)24-10-12-29-13-11-26/h1-9,26H,10-16H2,(H,24,28). The van der Waals surface area contributed by atoms with Gasteiger partial charge in [-0.2, -0.15) is 0 Å². The van der Waals surface area contributed by atoms with Crippen molar-refractivity contribution in [1.29, 1.82) is 0 Å². The van der Waals surface area contributed by atoms with Gasteiger partial charge in [-0.3, -0.25) is 9.59 Å². The van der Waals surface area contributed by atoms with Gasteiger partial charge in [0.15, 0.2) is 0 Å². The number of aliphatic hydroxyl groups is 1. The number of nitrogens with one attached hydrogen (secondary N) is 1. The summed E-state index contributed by atoms with van der Waals surface area (Å²) in [5, 5.41) is 11.6. The monoisotopic (exact) mass is 400 g/mol. The lowest BCUT2D eigenvalue weighted by Crippen LogP contribution is -2.65. The van der Waals surface area contributed by atoms with E-state index in [0.717, 1.165) is 5.56 Å². The molecule has 0 radical (unpaired) electrons. The minimum atomic E-state index is -0.714. The van der Waals surface area contributed by atoms with Crippen LogP contribution in [-0.2, 0) is 16.0 Å². The van der Waals surface area contributed by atoms with Crippen LogP contribution in [0.5, 0.6) is 0 Å². The van der Waals surface area contributed by atoms with Crippen LogP contribution in [0.15, 0.2) is 54.6 Å². The normalized spacial score (nSPS) is 14.9. The van der Waals surface area contributed by atoms with Gasteiger partial charge in [-0.15, -0.1) is 0 Å². The Labute approximate surface area is 169 Å². The van der Waals surface area contributed by atoms with Gasteiger partial charge in [0.1, 0.15) is 5.82 Å². The SMILES string of the molecule is O=C(c1ccc(F)cc1)N1CC(Cc2ccccc2)(C(=O)NCCOCCO)C1. The van der Waals surface area contributed by atoms with Crippen LogP contribution in [0, 0.1) is 11.2 Å². The van der Waals surface area contributed by atoms with Crippen LogP contribution < -0.4 is 5.32 Å². The zero-order valence-corrected chi connectivity index (χ0v) is 16.1. The van der Waals surface area contributed by atoms with E-state index in [0.29, 0.717) is 38.2 Å². The van der Waals surface area contributed by atoms with Crippen molar-refractivity contribution in [2.24, 2.45) is 5.41 Å². The average Bonchev–Trinajstić information content (AvgIpc) is 2.71. The predicted octanol–water partition coefficient (Wildman–Crippen LogP) is 1.64. The minimum Gasteiger partial charge on any atom is -0.394 e. The molecular formula is C22H25FN2O4. The smallest absolute Gasteiger partial charge is 0.253 e. The first-order valence-electron chi connectivity index (χ1n) is 9.60. The number of rotatable bonds is 9. The molecule has 154 valence electrons. The summed E-state index contributed by atoms with van der Waals surface area (Å²) >= 11 is 0. The Morgan fingerprint density at radius 2 is 1.76 bits per heavy atom. The number of amides is 2. The lowest BCUT2D eigenvalue weighted by Gasteiger charge is -2.49. The summed E-state index contributed by atoms with van der Waals surface area (Å²) in [6.45, 7) is 1.40. The maximum Gasteiger partial charge on any atom is 0.253 e. The molecule has 0 unspecified atom stereocenters. The zero-order chi connectivity index (χ0) is 20.7. The molecule has 1 fully saturated rings. The molecule has 0 aromatic heterocycles. The molecule has 6 nitrogen and oxygen atoms in total. The lowest BCUT2D eigenvalue weighted by atomic mass is 9.73. The maximum absolute atomic E-state index is 13.1. The molecule has 7 heteroatoms. The van der Waals surface area contributed by atoms with Gasteiger partial charge in [0, 0.05) is 25.2 Å². The molecule has 0 saturated carbocycles. The highest BCUT2D eigenvalue weighted by Gasteiger charge is 2.50. The predicted molar refractivity (Wildman–Crippen MR) is 106 cm³/mol. The molecule has 3 rings (SSSR count). The number of likely N-dealkylation sites (tertiary alicyclic amines) is 1. The summed E-state index contributed by atoms with van der Waals surface area (Å²) in [4.78, 5) is 27.2. The van der Waals surface area contributed by atoms with Crippen molar-refractivity contribution < 1.29 is 23.8 Å². The largest absolute Gasteiger partial charge is 0.394 e. The molecule has 0 spiro atoms. The van der Waals surface area contributed by atoms with Crippen LogP contribution in [0.2, 0.25) is 0 Å². The number of hydrogen-bond acceptors (Lipinski definition) is 4. The van der Waals surface area contributed by atoms with Crippen LogP contribution >= 0.6 is 0 Å². The number of benzene rings is 2. The van der Waals surface area contributed by atoms with Crippen molar-refractivity contribution in [3.63, 3.8) is 0 Å². The molecule has 0 bridgehead atoms. The first-order valence-corrected chi connectivity index (χ1v) is 9.60. The van der Waals surface area contributed by atoms with Gasteiger partial charge in [-0.05, 0) is 36.2 Å². The Bertz CT molecular complexity index is 820. The average molecular weight is 400 g/mol. The van der Waals surface area contributed by atoms with E-state index in [9.17, 15) is 14.0 Å². The number of hydrogen-bond donors (Lipinski definition) is 2. The van der Waals surface area contributed by atoms with E-state index in [2.05, 4.69) is 5.32 Å². The lowest BCUT2D eigenvalue weighted by molar-refractivity contribution is -0.139. The van der Waals surface area contributed by atoms with Crippen molar-refractivity contribution in [3.8, 4) is 0 Å². The highest BCUT2D eigenvalue weighted by atomic mass is 19.1. The quantitative estimate of drug-likeness (QED) is 0.628. The van der Waals surface area contributed by atoms with Gasteiger partial charge in [-0.25, -0.2) is 4.39 Å². The highest BCUT2D eigenvalue weighted by Crippen LogP contribution is 2.35. The maximum atomic E-state index is 13.1. The Balaban J connectivity index is 1.66. The van der Waals surface area contributed by atoms with Gasteiger partial charge in [0.25, 0.3) is 5.91 Å². The van der Waals surface area contributed by atoms with Gasteiger partial charge in [0.05, 0.1) is 25.2 Å². The molecule has 29 heavy (non-hydrogen) atoms. The molecule has 2 aromatic rings. The third-order valence-electron chi connectivity index (χ3n) is 5.00. The van der Waals surface area contributed by atoms with Crippen molar-refractivity contribution in [1.82, 2.24) is 10.2 Å². The number of aliphatic hydroxyl groups excluding tert-OH is 1. The molecule has 2 N–H and O–H groups in total. The van der Waals surface area contributed by atoms with Crippen LogP contribution in [0.3, 0.4) is 0 Å². The van der Waals surface area contributed by atoms with E-state index < -0.39 is 11.2 Å². The van der Waals surface area contributed by atoms with Gasteiger partial charge in [-0.1, -0.05) is 30.3 Å². The molecular weight excluding hydrogens is 375 g/mol. The molecule has 1 aliphatic rings. The van der Waals surface area contributed by atoms with Crippen LogP contribution in [0.4, 0.5) is 4.39 Å². The first kappa shape index (κ1) is 21.0. The fraction of sp³-hybridized carbons (Fsp3) is 0.364. The van der Waals surface area contributed by atoms with Crippen LogP contribution in [0.25, 0.3) is 0 Å². The number of ether oxygens (including phenoxy) is 1. The third kappa shape index (κ3) is 5.19. The second-order valence-electron chi connectivity index (χ2n) is 7.20. The van der Waals surface area contributed by atoms with E-state index in [1.165, 1.54) is 24.3 Å². The van der Waals surface area contributed by atoms with E-state index in [4.69, 9.17) is 9.84 Å². The second-order valence-corrected chi connectivity index (χ2v) is 7.20. The number of nitrogens with zero attached hydrogens (tertiary/aromatic N) is 1. The van der Waals surface area contributed by atoms with Crippen LogP contribution in [0.1, 0.15) is 15.9 Å². The molecule has 2 amide bonds. The number of carbonyl (C=O) groups excluding carboxylic acids is 2. The van der Waals surface area contributed by atoms with Crippen molar-refractivity contribution in [2.45, 2.75) is 6.42 Å². The highest BCUT2D eigenvalue weighted by molar-refractivity contribution is 5.97. The summed E-state index contributed by atoms with van der Waals surface area (Å²) in [5.74, 6) is -0.740. The Kier molecular flexibility index (Phi) is 6.95. The molecule has 1 saturated heterocycles. The summed E-state index contributed by atoms with van der Waals surface area (Å²) in [5.41, 5.74) is 0.708. The fourth-order valence-corrected chi connectivity index (χ4v) is 3.52. The molecule has 1 aliphatic heterocycles. The van der Waals surface area contributed by atoms with E-state index in [-0.39, 0.29) is 25.0 Å². The fourth-order valence-electron chi connectivity index (χ4n) is 3.52. The third-order valence-corrected chi connectivity index (χ3v) is 5.00. The van der Waals surface area contributed by atoms with E-state index in [1.54, 1.807) is 4.90 Å². The molecule has 1 heterocycles. The van der Waals surface area contributed by atoms with Crippen molar-refractivity contribution in [3.05, 3.63) is 71.5 Å².